The summed E-state index contributed by atoms with van der Waals surface area (Å²) in [5.41, 5.74) is 3.89. The minimum absolute atomic E-state index is 0.145. The highest BCUT2D eigenvalue weighted by Gasteiger charge is 2.49. The van der Waals surface area contributed by atoms with Crippen LogP contribution in [0.1, 0.15) is 18.1 Å². The van der Waals surface area contributed by atoms with Crippen molar-refractivity contribution in [2.24, 2.45) is 0 Å². The molecule has 0 saturated carbocycles. The van der Waals surface area contributed by atoms with Crippen LogP contribution in [0.2, 0.25) is 0 Å². The number of imide groups is 1. The van der Waals surface area contributed by atoms with Crippen LogP contribution in [0.3, 0.4) is 0 Å². The quantitative estimate of drug-likeness (QED) is 0.555. The van der Waals surface area contributed by atoms with Gasteiger partial charge in [0, 0.05) is 5.69 Å². The second kappa shape index (κ2) is 7.24. The number of aryl methyl sites for hydroxylation is 1. The van der Waals surface area contributed by atoms with Crippen LogP contribution in [-0.4, -0.2) is 29.2 Å². The first-order valence-corrected chi connectivity index (χ1v) is 8.70. The SMILES string of the molecule is COc1ccc([C@@]2(C)NC(=O)N(NC(=S)Nc3ccccc3C)C2=O)cc1. The minimum atomic E-state index is -1.20. The number of carbonyl (C=O) groups is 2. The number of ether oxygens (including phenoxy) is 1. The van der Waals surface area contributed by atoms with E-state index < -0.39 is 17.5 Å². The number of hydrazine groups is 1. The number of anilines is 1. The van der Waals surface area contributed by atoms with E-state index >= 15 is 0 Å². The molecule has 1 atom stereocenters. The van der Waals surface area contributed by atoms with Crippen LogP contribution in [0, 0.1) is 6.92 Å². The maximum Gasteiger partial charge on any atom is 0.344 e. The van der Waals surface area contributed by atoms with Gasteiger partial charge in [0.15, 0.2) is 5.11 Å². The van der Waals surface area contributed by atoms with E-state index in [1.165, 1.54) is 0 Å². The fourth-order valence-corrected chi connectivity index (χ4v) is 3.03. The molecule has 1 aliphatic rings. The third-order valence-electron chi connectivity index (χ3n) is 4.46. The molecular weight excluding hydrogens is 364 g/mol. The highest BCUT2D eigenvalue weighted by molar-refractivity contribution is 7.80. The fourth-order valence-electron chi connectivity index (χ4n) is 2.83. The molecule has 1 saturated heterocycles. The van der Waals surface area contributed by atoms with Gasteiger partial charge in [-0.15, -0.1) is 0 Å². The maximum atomic E-state index is 12.9. The van der Waals surface area contributed by atoms with Crippen LogP contribution in [0.4, 0.5) is 10.5 Å². The Morgan fingerprint density at radius 1 is 1.15 bits per heavy atom. The van der Waals surface area contributed by atoms with Gasteiger partial charge in [-0.25, -0.2) is 4.79 Å². The van der Waals surface area contributed by atoms with Crippen molar-refractivity contribution in [1.29, 1.82) is 0 Å². The molecule has 7 nitrogen and oxygen atoms in total. The summed E-state index contributed by atoms with van der Waals surface area (Å²) in [4.78, 5) is 25.3. The zero-order chi connectivity index (χ0) is 19.6. The predicted octanol–water partition coefficient (Wildman–Crippen LogP) is 2.67. The normalized spacial score (nSPS) is 18.9. The predicted molar refractivity (Wildman–Crippen MR) is 106 cm³/mol. The lowest BCUT2D eigenvalue weighted by Gasteiger charge is -2.23. The topological polar surface area (TPSA) is 82.7 Å². The van der Waals surface area contributed by atoms with Gasteiger partial charge in [-0.3, -0.25) is 10.2 Å². The van der Waals surface area contributed by atoms with Gasteiger partial charge in [0.1, 0.15) is 11.3 Å². The largest absolute Gasteiger partial charge is 0.497 e. The molecule has 0 aliphatic carbocycles. The Morgan fingerprint density at radius 3 is 2.44 bits per heavy atom. The third kappa shape index (κ3) is 3.56. The van der Waals surface area contributed by atoms with Gasteiger partial charge in [-0.2, -0.15) is 5.01 Å². The summed E-state index contributed by atoms with van der Waals surface area (Å²) in [5.74, 6) is 0.212. The maximum absolute atomic E-state index is 12.9. The molecule has 0 aromatic heterocycles. The molecule has 8 heteroatoms. The lowest BCUT2D eigenvalue weighted by atomic mass is 9.92. The second-order valence-electron chi connectivity index (χ2n) is 6.31. The number of nitrogens with zero attached hydrogens (tertiary/aromatic N) is 1. The zero-order valence-corrected chi connectivity index (χ0v) is 16.0. The highest BCUT2D eigenvalue weighted by Crippen LogP contribution is 2.29. The van der Waals surface area contributed by atoms with Crippen molar-refractivity contribution in [2.45, 2.75) is 19.4 Å². The van der Waals surface area contributed by atoms with Crippen LogP contribution >= 0.6 is 12.2 Å². The Balaban J connectivity index is 1.75. The number of methoxy groups -OCH3 is 1. The van der Waals surface area contributed by atoms with E-state index in [1.807, 2.05) is 31.2 Å². The van der Waals surface area contributed by atoms with Gasteiger partial charge in [0.25, 0.3) is 5.91 Å². The Kier molecular flexibility index (Phi) is 5.00. The van der Waals surface area contributed by atoms with Gasteiger partial charge in [-0.1, -0.05) is 30.3 Å². The summed E-state index contributed by atoms with van der Waals surface area (Å²) in [6.45, 7) is 3.58. The van der Waals surface area contributed by atoms with Crippen molar-refractivity contribution in [3.63, 3.8) is 0 Å². The summed E-state index contributed by atoms with van der Waals surface area (Å²) in [6.07, 6.45) is 0. The van der Waals surface area contributed by atoms with Gasteiger partial charge < -0.3 is 15.4 Å². The molecule has 2 aromatic carbocycles. The van der Waals surface area contributed by atoms with Crippen LogP contribution in [0.25, 0.3) is 0 Å². The number of urea groups is 1. The molecule has 1 fully saturated rings. The molecule has 140 valence electrons. The van der Waals surface area contributed by atoms with Gasteiger partial charge in [0.2, 0.25) is 0 Å². The van der Waals surface area contributed by atoms with E-state index in [4.69, 9.17) is 17.0 Å². The molecule has 1 aliphatic heterocycles. The molecule has 0 bridgehead atoms. The molecule has 0 radical (unpaired) electrons. The number of thiocarbonyl (C=S) groups is 1. The minimum Gasteiger partial charge on any atom is -0.497 e. The summed E-state index contributed by atoms with van der Waals surface area (Å²) >= 11 is 5.25. The molecule has 3 rings (SSSR count). The van der Waals surface area contributed by atoms with Gasteiger partial charge in [0.05, 0.1) is 7.11 Å². The lowest BCUT2D eigenvalue weighted by molar-refractivity contribution is -0.132. The third-order valence-corrected chi connectivity index (χ3v) is 4.66. The van der Waals surface area contributed by atoms with Crippen molar-refractivity contribution in [2.75, 3.05) is 12.4 Å². The average Bonchev–Trinajstić information content (AvgIpc) is 2.88. The Bertz CT molecular complexity index is 900. The standard InChI is InChI=1S/C19H20N4O3S/c1-12-6-4-5-7-15(12)20-17(27)22-23-16(24)19(2,21-18(23)25)13-8-10-14(26-3)11-9-13/h4-11H,1-3H3,(H,21,25)(H2,20,22,27)/t19-/m1/s1. The molecule has 27 heavy (non-hydrogen) atoms. The summed E-state index contributed by atoms with van der Waals surface area (Å²) < 4.78 is 5.13. The van der Waals surface area contributed by atoms with Crippen molar-refractivity contribution in [1.82, 2.24) is 15.8 Å². The van der Waals surface area contributed by atoms with E-state index in [1.54, 1.807) is 38.3 Å². The number of hydrogen-bond donors (Lipinski definition) is 3. The summed E-state index contributed by atoms with van der Waals surface area (Å²) in [7, 11) is 1.56. The van der Waals surface area contributed by atoms with Crippen molar-refractivity contribution >= 4 is 35.0 Å². The lowest BCUT2D eigenvalue weighted by Crippen LogP contribution is -2.49. The second-order valence-corrected chi connectivity index (χ2v) is 6.71. The fraction of sp³-hybridized carbons (Fsp3) is 0.211. The molecule has 1 heterocycles. The molecule has 2 aromatic rings. The van der Waals surface area contributed by atoms with Gasteiger partial charge in [-0.05, 0) is 55.4 Å². The number of hydrogen-bond acceptors (Lipinski definition) is 4. The number of amides is 3. The first kappa shape index (κ1) is 18.7. The molecule has 3 N–H and O–H groups in total. The number of para-hydroxylation sites is 1. The smallest absolute Gasteiger partial charge is 0.344 e. The van der Waals surface area contributed by atoms with Gasteiger partial charge >= 0.3 is 6.03 Å². The Labute approximate surface area is 162 Å². The number of benzene rings is 2. The van der Waals surface area contributed by atoms with Crippen LogP contribution in [0.5, 0.6) is 5.75 Å². The number of carbonyl (C=O) groups excluding carboxylic acids is 2. The van der Waals surface area contributed by atoms with Crippen molar-refractivity contribution < 1.29 is 14.3 Å². The number of nitrogens with one attached hydrogen (secondary N) is 3. The zero-order valence-electron chi connectivity index (χ0n) is 15.2. The molecular formula is C19H20N4O3S. The monoisotopic (exact) mass is 384 g/mol. The Hall–Kier alpha value is -3.13. The molecule has 0 spiro atoms. The average molecular weight is 384 g/mol. The molecule has 0 unspecified atom stereocenters. The Morgan fingerprint density at radius 2 is 1.81 bits per heavy atom. The summed E-state index contributed by atoms with van der Waals surface area (Å²) in [5, 5.41) is 6.73. The van der Waals surface area contributed by atoms with E-state index in [2.05, 4.69) is 16.1 Å². The van der Waals surface area contributed by atoms with Crippen LogP contribution in [-0.2, 0) is 10.3 Å². The van der Waals surface area contributed by atoms with Crippen LogP contribution < -0.4 is 20.8 Å². The van der Waals surface area contributed by atoms with E-state index in [0.29, 0.717) is 11.3 Å². The van der Waals surface area contributed by atoms with E-state index in [0.717, 1.165) is 16.3 Å². The first-order valence-electron chi connectivity index (χ1n) is 8.29. The highest BCUT2D eigenvalue weighted by atomic mass is 32.1. The first-order chi connectivity index (χ1) is 12.8. The molecule has 3 amide bonds. The van der Waals surface area contributed by atoms with E-state index in [9.17, 15) is 9.59 Å². The van der Waals surface area contributed by atoms with E-state index in [-0.39, 0.29) is 5.11 Å². The van der Waals surface area contributed by atoms with Crippen LogP contribution in [0.15, 0.2) is 48.5 Å². The van der Waals surface area contributed by atoms with Crippen molar-refractivity contribution in [3.05, 3.63) is 59.7 Å². The summed E-state index contributed by atoms with van der Waals surface area (Å²) in [6, 6.07) is 13.9. The number of rotatable bonds is 4. The van der Waals surface area contributed by atoms with Crippen molar-refractivity contribution in [3.8, 4) is 5.75 Å².